The highest BCUT2D eigenvalue weighted by molar-refractivity contribution is 6.04. The van der Waals surface area contributed by atoms with E-state index in [4.69, 9.17) is 10.7 Å². The molecule has 2 aliphatic rings. The summed E-state index contributed by atoms with van der Waals surface area (Å²) in [7, 11) is 0. The number of carbonyl (C=O) groups excluding carboxylic acids is 1. The van der Waals surface area contributed by atoms with E-state index in [0.717, 1.165) is 22.6 Å². The van der Waals surface area contributed by atoms with Gasteiger partial charge in [-0.25, -0.2) is 15.0 Å². The predicted molar refractivity (Wildman–Crippen MR) is 122 cm³/mol. The number of nitrogens with two attached hydrogens (primary N) is 1. The minimum atomic E-state index is -0.210. The van der Waals surface area contributed by atoms with Crippen LogP contribution in [0.4, 0.5) is 11.6 Å². The molecule has 8 nitrogen and oxygen atoms in total. The molecule has 0 unspecified atom stereocenters. The first-order chi connectivity index (χ1) is 15.7. The van der Waals surface area contributed by atoms with Gasteiger partial charge in [-0.2, -0.15) is 0 Å². The van der Waals surface area contributed by atoms with Gasteiger partial charge in [-0.3, -0.25) is 9.20 Å². The standard InChI is InChI=1S/C24H23N7O/c25-22-21-19(14-4-6-15(7-5-14)24(32)29-18-3-1-2-10-26-18)30-23(31(21)12-11-27-22)20-16-8-9-17(13-16)28-20/h1-7,10-12,16-17,20,28H,8-9,13H2,(H2,25,27)(H,26,29,32)/t16-,17+,20-/m0/s1. The predicted octanol–water partition coefficient (Wildman–Crippen LogP) is 3.44. The van der Waals surface area contributed by atoms with E-state index in [0.29, 0.717) is 29.2 Å². The van der Waals surface area contributed by atoms with E-state index in [1.807, 2.05) is 24.4 Å². The summed E-state index contributed by atoms with van der Waals surface area (Å²) < 4.78 is 2.07. The van der Waals surface area contributed by atoms with Gasteiger partial charge in [0, 0.05) is 35.8 Å². The van der Waals surface area contributed by atoms with Crippen LogP contribution in [0.2, 0.25) is 0 Å². The van der Waals surface area contributed by atoms with Crippen molar-refractivity contribution in [1.29, 1.82) is 0 Å². The highest BCUT2D eigenvalue weighted by Crippen LogP contribution is 2.44. The van der Waals surface area contributed by atoms with E-state index in [9.17, 15) is 4.79 Å². The number of fused-ring (bicyclic) bond motifs is 3. The van der Waals surface area contributed by atoms with E-state index in [1.54, 1.807) is 36.7 Å². The summed E-state index contributed by atoms with van der Waals surface area (Å²) >= 11 is 0. The van der Waals surface area contributed by atoms with E-state index in [-0.39, 0.29) is 11.9 Å². The highest BCUT2D eigenvalue weighted by atomic mass is 16.1. The van der Waals surface area contributed by atoms with Gasteiger partial charge in [0.15, 0.2) is 0 Å². The van der Waals surface area contributed by atoms with Gasteiger partial charge in [-0.05, 0) is 49.4 Å². The van der Waals surface area contributed by atoms with Crippen LogP contribution >= 0.6 is 0 Å². The molecule has 0 radical (unpaired) electrons. The number of anilines is 2. The minimum Gasteiger partial charge on any atom is -0.382 e. The van der Waals surface area contributed by atoms with Crippen molar-refractivity contribution < 1.29 is 4.79 Å². The summed E-state index contributed by atoms with van der Waals surface area (Å²) in [5.41, 5.74) is 9.31. The fraction of sp³-hybridized carbons (Fsp3) is 0.250. The maximum atomic E-state index is 12.6. The lowest BCUT2D eigenvalue weighted by Crippen LogP contribution is -2.30. The third kappa shape index (κ3) is 3.11. The van der Waals surface area contributed by atoms with Crippen LogP contribution in [-0.4, -0.2) is 31.3 Å². The van der Waals surface area contributed by atoms with Gasteiger partial charge in [0.05, 0.1) is 6.04 Å². The van der Waals surface area contributed by atoms with Crippen molar-refractivity contribution in [3.8, 4) is 11.3 Å². The molecule has 3 aromatic heterocycles. The summed E-state index contributed by atoms with van der Waals surface area (Å²) in [6.45, 7) is 0. The normalized spacial score (nSPS) is 21.8. The van der Waals surface area contributed by atoms with E-state index >= 15 is 0 Å². The fourth-order valence-electron chi connectivity index (χ4n) is 5.06. The molecule has 4 aromatic rings. The van der Waals surface area contributed by atoms with Gasteiger partial charge < -0.3 is 16.4 Å². The van der Waals surface area contributed by atoms with E-state index in [2.05, 4.69) is 25.0 Å². The third-order valence-electron chi connectivity index (χ3n) is 6.58. The van der Waals surface area contributed by atoms with Crippen molar-refractivity contribution in [1.82, 2.24) is 24.7 Å². The maximum absolute atomic E-state index is 12.6. The molecule has 4 N–H and O–H groups in total. The molecule has 1 saturated carbocycles. The number of carbonyl (C=O) groups is 1. The molecule has 32 heavy (non-hydrogen) atoms. The molecule has 4 heterocycles. The zero-order valence-corrected chi connectivity index (χ0v) is 17.4. The molecular formula is C24H23N7O. The zero-order chi connectivity index (χ0) is 21.7. The number of imidazole rings is 1. The topological polar surface area (TPSA) is 110 Å². The minimum absolute atomic E-state index is 0.210. The van der Waals surface area contributed by atoms with Gasteiger partial charge in [0.2, 0.25) is 0 Å². The van der Waals surface area contributed by atoms with E-state index in [1.165, 1.54) is 19.3 Å². The fourth-order valence-corrected chi connectivity index (χ4v) is 5.06. The SMILES string of the molecule is Nc1nccn2c([C@H]3N[C@@H]4CC[C@H]3C4)nc(-c3ccc(C(=O)Nc4ccccn4)cc3)c12. The Hall–Kier alpha value is -3.78. The van der Waals surface area contributed by atoms with Crippen LogP contribution in [0.3, 0.4) is 0 Å². The molecule has 2 fully saturated rings. The number of nitrogens with zero attached hydrogens (tertiary/aromatic N) is 4. The lowest BCUT2D eigenvalue weighted by Gasteiger charge is -2.22. The number of nitrogens with one attached hydrogen (secondary N) is 2. The van der Waals surface area contributed by atoms with Crippen LogP contribution in [0, 0.1) is 5.92 Å². The Labute approximate surface area is 184 Å². The molecule has 0 spiro atoms. The monoisotopic (exact) mass is 425 g/mol. The summed E-state index contributed by atoms with van der Waals surface area (Å²) in [4.78, 5) is 26.0. The van der Waals surface area contributed by atoms with Crippen LogP contribution in [0.1, 0.15) is 41.5 Å². The number of nitrogen functional groups attached to an aromatic ring is 1. The van der Waals surface area contributed by atoms with E-state index < -0.39 is 0 Å². The Morgan fingerprint density at radius 3 is 2.69 bits per heavy atom. The van der Waals surface area contributed by atoms with Crippen molar-refractivity contribution in [2.45, 2.75) is 31.3 Å². The summed E-state index contributed by atoms with van der Waals surface area (Å²) in [5.74, 6) is 2.33. The molecular weight excluding hydrogens is 402 g/mol. The summed E-state index contributed by atoms with van der Waals surface area (Å²) in [6, 6.07) is 13.6. The van der Waals surface area contributed by atoms with Gasteiger partial charge in [0.1, 0.15) is 28.7 Å². The number of benzene rings is 1. The first-order valence-corrected chi connectivity index (χ1v) is 10.9. The second kappa shape index (κ2) is 7.42. The first kappa shape index (κ1) is 18.9. The van der Waals surface area contributed by atoms with Crippen LogP contribution in [0.5, 0.6) is 0 Å². The van der Waals surface area contributed by atoms with Crippen molar-refractivity contribution in [3.63, 3.8) is 0 Å². The van der Waals surface area contributed by atoms with Crippen molar-refractivity contribution in [2.24, 2.45) is 5.92 Å². The number of hydrogen-bond acceptors (Lipinski definition) is 6. The van der Waals surface area contributed by atoms with Gasteiger partial charge in [-0.1, -0.05) is 18.2 Å². The number of rotatable bonds is 4. The molecule has 2 bridgehead atoms. The average molecular weight is 425 g/mol. The van der Waals surface area contributed by atoms with Crippen LogP contribution < -0.4 is 16.4 Å². The summed E-state index contributed by atoms with van der Waals surface area (Å²) in [5, 5.41) is 6.53. The molecule has 6 rings (SSSR count). The Balaban J connectivity index is 1.35. The number of amides is 1. The molecule has 1 amide bonds. The van der Waals surface area contributed by atoms with Gasteiger partial charge in [-0.15, -0.1) is 0 Å². The molecule has 1 aliphatic carbocycles. The molecule has 1 aromatic carbocycles. The van der Waals surface area contributed by atoms with Crippen LogP contribution in [0.25, 0.3) is 16.8 Å². The Bertz CT molecular complexity index is 1300. The quantitative estimate of drug-likeness (QED) is 0.462. The number of aromatic nitrogens is 4. The van der Waals surface area contributed by atoms with Gasteiger partial charge >= 0.3 is 0 Å². The van der Waals surface area contributed by atoms with Crippen molar-refractivity contribution >= 4 is 23.1 Å². The summed E-state index contributed by atoms with van der Waals surface area (Å²) in [6.07, 6.45) is 8.96. The van der Waals surface area contributed by atoms with Crippen molar-refractivity contribution in [3.05, 3.63) is 72.4 Å². The Morgan fingerprint density at radius 2 is 1.97 bits per heavy atom. The molecule has 1 saturated heterocycles. The average Bonchev–Trinajstić information content (AvgIpc) is 3.55. The van der Waals surface area contributed by atoms with Gasteiger partial charge in [0.25, 0.3) is 5.91 Å². The number of piperidine rings is 1. The van der Waals surface area contributed by atoms with Crippen LogP contribution in [-0.2, 0) is 0 Å². The lowest BCUT2D eigenvalue weighted by molar-refractivity contribution is 0.102. The first-order valence-electron chi connectivity index (χ1n) is 10.9. The number of pyridine rings is 1. The second-order valence-electron chi connectivity index (χ2n) is 8.51. The number of hydrogen-bond donors (Lipinski definition) is 3. The van der Waals surface area contributed by atoms with Crippen molar-refractivity contribution in [2.75, 3.05) is 11.1 Å². The zero-order valence-electron chi connectivity index (χ0n) is 17.4. The Kier molecular flexibility index (Phi) is 4.39. The second-order valence-corrected chi connectivity index (χ2v) is 8.51. The smallest absolute Gasteiger partial charge is 0.256 e. The highest BCUT2D eigenvalue weighted by Gasteiger charge is 2.42. The largest absolute Gasteiger partial charge is 0.382 e. The molecule has 8 heteroatoms. The lowest BCUT2D eigenvalue weighted by atomic mass is 9.99. The third-order valence-corrected chi connectivity index (χ3v) is 6.58. The molecule has 1 aliphatic heterocycles. The molecule has 160 valence electrons. The Morgan fingerprint density at radius 1 is 1.09 bits per heavy atom. The van der Waals surface area contributed by atoms with Crippen LogP contribution in [0.15, 0.2) is 61.1 Å². The molecule has 3 atom stereocenters. The maximum Gasteiger partial charge on any atom is 0.256 e.